The van der Waals surface area contributed by atoms with Crippen LogP contribution in [0.2, 0.25) is 0 Å². The van der Waals surface area contributed by atoms with Gasteiger partial charge in [0.15, 0.2) is 0 Å². The number of hydrogen-bond donors (Lipinski definition) is 1. The van der Waals surface area contributed by atoms with Gasteiger partial charge in [-0.2, -0.15) is 5.26 Å². The van der Waals surface area contributed by atoms with E-state index < -0.39 is 17.9 Å². The normalized spacial score (nSPS) is 16.1. The molecule has 0 saturated heterocycles. The maximum Gasteiger partial charge on any atom is 0.355 e. The molecule has 1 heterocycles. The standard InChI is InChI=1S/C24H23N3O4/c1-14-10-11-17(12-15(14)2)27-21(24(29)31-4)20(23(28)30-3)19(18(13-25)22(27)26)16-8-6-5-7-9-16/h5-12,19H,26H2,1-4H3. The van der Waals surface area contributed by atoms with Crippen LogP contribution in [0.1, 0.15) is 22.6 Å². The molecule has 3 rings (SSSR count). The average Bonchev–Trinajstić information content (AvgIpc) is 2.79. The van der Waals surface area contributed by atoms with Crippen molar-refractivity contribution in [2.45, 2.75) is 19.8 Å². The molecule has 7 nitrogen and oxygen atoms in total. The molecule has 0 fully saturated rings. The summed E-state index contributed by atoms with van der Waals surface area (Å²) in [6, 6.07) is 16.5. The molecule has 0 radical (unpaired) electrons. The Labute approximate surface area is 181 Å². The lowest BCUT2D eigenvalue weighted by Crippen LogP contribution is -2.40. The second-order valence-electron chi connectivity index (χ2n) is 7.10. The molecule has 31 heavy (non-hydrogen) atoms. The maximum absolute atomic E-state index is 13.0. The molecular formula is C24H23N3O4. The van der Waals surface area contributed by atoms with E-state index in [1.165, 1.54) is 19.1 Å². The number of hydrogen-bond acceptors (Lipinski definition) is 7. The number of anilines is 1. The van der Waals surface area contributed by atoms with Crippen LogP contribution in [0.15, 0.2) is 71.2 Å². The molecule has 0 saturated carbocycles. The Hall–Kier alpha value is -4.05. The lowest BCUT2D eigenvalue weighted by Gasteiger charge is -2.36. The highest BCUT2D eigenvalue weighted by Gasteiger charge is 2.42. The van der Waals surface area contributed by atoms with Crippen molar-refractivity contribution in [2.75, 3.05) is 19.1 Å². The van der Waals surface area contributed by atoms with Gasteiger partial charge in [0.2, 0.25) is 0 Å². The molecule has 2 aromatic carbocycles. The van der Waals surface area contributed by atoms with Crippen molar-refractivity contribution in [1.29, 1.82) is 5.26 Å². The zero-order chi connectivity index (χ0) is 22.7. The Morgan fingerprint density at radius 2 is 1.65 bits per heavy atom. The number of carbonyl (C=O) groups is 2. The van der Waals surface area contributed by atoms with Crippen LogP contribution in [0.3, 0.4) is 0 Å². The molecule has 0 amide bonds. The lowest BCUT2D eigenvalue weighted by molar-refractivity contribution is -0.139. The Morgan fingerprint density at radius 1 is 1.00 bits per heavy atom. The van der Waals surface area contributed by atoms with Crippen molar-refractivity contribution >= 4 is 17.6 Å². The van der Waals surface area contributed by atoms with E-state index in [4.69, 9.17) is 15.2 Å². The molecule has 7 heteroatoms. The first kappa shape index (κ1) is 21.7. The van der Waals surface area contributed by atoms with Crippen molar-refractivity contribution in [3.63, 3.8) is 0 Å². The summed E-state index contributed by atoms with van der Waals surface area (Å²) in [5.74, 6) is -2.34. The van der Waals surface area contributed by atoms with Crippen LogP contribution < -0.4 is 10.6 Å². The molecule has 2 N–H and O–H groups in total. The van der Waals surface area contributed by atoms with E-state index in [-0.39, 0.29) is 22.7 Å². The number of allylic oxidation sites excluding steroid dienone is 1. The molecule has 1 aliphatic heterocycles. The number of nitrogens with two attached hydrogens (primary N) is 1. The van der Waals surface area contributed by atoms with E-state index in [1.54, 1.807) is 30.3 Å². The SMILES string of the molecule is COC(=O)C1=C(C(=O)OC)N(c2ccc(C)c(C)c2)C(N)=C(C#N)C1c1ccccc1. The van der Waals surface area contributed by atoms with Gasteiger partial charge in [0, 0.05) is 5.69 Å². The van der Waals surface area contributed by atoms with E-state index in [9.17, 15) is 14.9 Å². The van der Waals surface area contributed by atoms with Gasteiger partial charge in [0.25, 0.3) is 0 Å². The minimum Gasteiger partial charge on any atom is -0.466 e. The number of rotatable bonds is 4. The number of nitrogens with zero attached hydrogens (tertiary/aromatic N) is 2. The molecule has 1 aliphatic rings. The Balaban J connectivity index is 2.41. The van der Waals surface area contributed by atoms with Crippen molar-refractivity contribution < 1.29 is 19.1 Å². The average molecular weight is 417 g/mol. The summed E-state index contributed by atoms with van der Waals surface area (Å²) in [4.78, 5) is 27.3. The smallest absolute Gasteiger partial charge is 0.355 e. The van der Waals surface area contributed by atoms with Gasteiger partial charge in [-0.3, -0.25) is 4.90 Å². The Kier molecular flexibility index (Phi) is 6.12. The van der Waals surface area contributed by atoms with Crippen LogP contribution in [0.5, 0.6) is 0 Å². The molecule has 1 atom stereocenters. The van der Waals surface area contributed by atoms with E-state index in [1.807, 2.05) is 32.0 Å². The first-order valence-electron chi connectivity index (χ1n) is 9.58. The number of benzene rings is 2. The molecule has 1 unspecified atom stereocenters. The van der Waals surface area contributed by atoms with Crippen LogP contribution in [-0.4, -0.2) is 26.2 Å². The molecule has 0 aromatic heterocycles. The summed E-state index contributed by atoms with van der Waals surface area (Å²) >= 11 is 0. The van der Waals surface area contributed by atoms with Gasteiger partial charge in [-0.05, 0) is 42.7 Å². The second kappa shape index (κ2) is 8.76. The molecule has 158 valence electrons. The monoisotopic (exact) mass is 417 g/mol. The fourth-order valence-corrected chi connectivity index (χ4v) is 3.65. The molecule has 0 spiro atoms. The highest BCUT2D eigenvalue weighted by atomic mass is 16.5. The summed E-state index contributed by atoms with van der Waals surface area (Å²) in [6.45, 7) is 3.88. The van der Waals surface area contributed by atoms with Gasteiger partial charge < -0.3 is 15.2 Å². The first-order valence-corrected chi connectivity index (χ1v) is 9.58. The summed E-state index contributed by atoms with van der Waals surface area (Å²) in [7, 11) is 2.44. The Morgan fingerprint density at radius 3 is 2.19 bits per heavy atom. The zero-order valence-corrected chi connectivity index (χ0v) is 17.8. The number of aryl methyl sites for hydroxylation is 2. The van der Waals surface area contributed by atoms with Gasteiger partial charge in [0.05, 0.1) is 37.4 Å². The minimum atomic E-state index is -0.879. The first-order chi connectivity index (χ1) is 14.8. The molecule has 0 aliphatic carbocycles. The summed E-state index contributed by atoms with van der Waals surface area (Å²) in [5, 5.41) is 10.0. The van der Waals surface area contributed by atoms with Crippen LogP contribution in [0.25, 0.3) is 0 Å². The van der Waals surface area contributed by atoms with Crippen molar-refractivity contribution in [1.82, 2.24) is 0 Å². The van der Waals surface area contributed by atoms with Gasteiger partial charge in [-0.15, -0.1) is 0 Å². The van der Waals surface area contributed by atoms with E-state index in [2.05, 4.69) is 6.07 Å². The fourth-order valence-electron chi connectivity index (χ4n) is 3.65. The number of ether oxygens (including phenoxy) is 2. The number of methoxy groups -OCH3 is 2. The van der Waals surface area contributed by atoms with Crippen LogP contribution >= 0.6 is 0 Å². The van der Waals surface area contributed by atoms with E-state index >= 15 is 0 Å². The summed E-state index contributed by atoms with van der Waals surface area (Å²) in [5.41, 5.74) is 9.66. The van der Waals surface area contributed by atoms with Crippen LogP contribution in [0.4, 0.5) is 5.69 Å². The van der Waals surface area contributed by atoms with Crippen LogP contribution in [0, 0.1) is 25.2 Å². The fraction of sp³-hybridized carbons (Fsp3) is 0.208. The van der Waals surface area contributed by atoms with Crippen molar-refractivity contribution in [2.24, 2.45) is 5.73 Å². The van der Waals surface area contributed by atoms with Gasteiger partial charge in [-0.1, -0.05) is 36.4 Å². The van der Waals surface area contributed by atoms with Crippen molar-refractivity contribution in [3.8, 4) is 6.07 Å². The maximum atomic E-state index is 13.0. The highest BCUT2D eigenvalue weighted by Crippen LogP contribution is 2.43. The Bertz CT molecular complexity index is 1140. The molecule has 0 bridgehead atoms. The predicted molar refractivity (Wildman–Crippen MR) is 115 cm³/mol. The van der Waals surface area contributed by atoms with Crippen molar-refractivity contribution in [3.05, 3.63) is 87.9 Å². The number of nitriles is 1. The zero-order valence-electron chi connectivity index (χ0n) is 17.8. The molecular weight excluding hydrogens is 394 g/mol. The summed E-state index contributed by atoms with van der Waals surface area (Å²) < 4.78 is 10.0. The van der Waals surface area contributed by atoms with E-state index in [0.717, 1.165) is 11.1 Å². The van der Waals surface area contributed by atoms with Gasteiger partial charge in [-0.25, -0.2) is 9.59 Å². The van der Waals surface area contributed by atoms with Gasteiger partial charge >= 0.3 is 11.9 Å². The number of carbonyl (C=O) groups excluding carboxylic acids is 2. The topological polar surface area (TPSA) is 106 Å². The van der Waals surface area contributed by atoms with Gasteiger partial charge in [0.1, 0.15) is 11.5 Å². The van der Waals surface area contributed by atoms with Crippen LogP contribution in [-0.2, 0) is 19.1 Å². The molecule has 2 aromatic rings. The third-order valence-corrected chi connectivity index (χ3v) is 5.36. The minimum absolute atomic E-state index is 0.00970. The third kappa shape index (κ3) is 3.76. The second-order valence-corrected chi connectivity index (χ2v) is 7.10. The number of esters is 2. The lowest BCUT2D eigenvalue weighted by atomic mass is 9.81. The summed E-state index contributed by atoms with van der Waals surface area (Å²) in [6.07, 6.45) is 0. The predicted octanol–water partition coefficient (Wildman–Crippen LogP) is 3.20. The van der Waals surface area contributed by atoms with E-state index in [0.29, 0.717) is 11.3 Å². The third-order valence-electron chi connectivity index (χ3n) is 5.36. The quantitative estimate of drug-likeness (QED) is 0.762. The highest BCUT2D eigenvalue weighted by molar-refractivity contribution is 6.06. The largest absolute Gasteiger partial charge is 0.466 e.